The first-order chi connectivity index (χ1) is 14.4. The van der Waals surface area contributed by atoms with Gasteiger partial charge in [0.15, 0.2) is 17.6 Å². The van der Waals surface area contributed by atoms with Crippen LogP contribution in [0.1, 0.15) is 49.0 Å². The lowest BCUT2D eigenvalue weighted by atomic mass is 9.97. The molecule has 162 valence electrons. The highest BCUT2D eigenvalue weighted by atomic mass is 16.6. The molecule has 0 heterocycles. The Bertz CT molecular complexity index is 895. The number of nitrogens with one attached hydrogen (secondary N) is 1. The Morgan fingerprint density at radius 2 is 1.53 bits per heavy atom. The molecule has 0 spiro atoms. The van der Waals surface area contributed by atoms with Crippen LogP contribution in [-0.2, 0) is 9.53 Å². The third-order valence-electron chi connectivity index (χ3n) is 4.94. The highest BCUT2D eigenvalue weighted by molar-refractivity contribution is 5.99. The van der Waals surface area contributed by atoms with Crippen molar-refractivity contribution >= 4 is 17.6 Å². The molecule has 2 aromatic rings. The van der Waals surface area contributed by atoms with Crippen LogP contribution in [0, 0.1) is 0 Å². The smallest absolute Gasteiger partial charge is 0.342 e. The van der Waals surface area contributed by atoms with Crippen molar-refractivity contribution in [2.45, 2.75) is 39.2 Å². The third kappa shape index (κ3) is 5.23. The number of carbonyl (C=O) groups is 2. The Hall–Kier alpha value is -3.22. The number of methoxy groups -OCH3 is 3. The van der Waals surface area contributed by atoms with Crippen molar-refractivity contribution in [1.82, 2.24) is 0 Å². The first kappa shape index (κ1) is 23.1. The van der Waals surface area contributed by atoms with Gasteiger partial charge < -0.3 is 24.3 Å². The lowest BCUT2D eigenvalue weighted by molar-refractivity contribution is -0.123. The zero-order chi connectivity index (χ0) is 22.3. The van der Waals surface area contributed by atoms with Crippen LogP contribution in [0.5, 0.6) is 17.2 Å². The minimum atomic E-state index is -1.01. The fourth-order valence-electron chi connectivity index (χ4n) is 2.96. The number of ether oxygens (including phenoxy) is 4. The topological polar surface area (TPSA) is 83.1 Å². The predicted molar refractivity (Wildman–Crippen MR) is 115 cm³/mol. The predicted octanol–water partition coefficient (Wildman–Crippen LogP) is 4.41. The average molecular weight is 415 g/mol. The van der Waals surface area contributed by atoms with Gasteiger partial charge in [-0.3, -0.25) is 4.79 Å². The summed E-state index contributed by atoms with van der Waals surface area (Å²) in [5, 5.41) is 2.86. The molecular weight excluding hydrogens is 386 g/mol. The van der Waals surface area contributed by atoms with E-state index in [2.05, 4.69) is 19.2 Å². The molecule has 7 nitrogen and oxygen atoms in total. The van der Waals surface area contributed by atoms with Crippen LogP contribution in [-0.4, -0.2) is 39.3 Å². The van der Waals surface area contributed by atoms with Crippen LogP contribution in [0.15, 0.2) is 36.4 Å². The van der Waals surface area contributed by atoms with Gasteiger partial charge in [-0.15, -0.1) is 0 Å². The molecule has 0 bridgehead atoms. The number of carbonyl (C=O) groups excluding carboxylic acids is 2. The SMILES string of the molecule is CCC(C)c1ccccc1NC(=O)C(C)OC(=O)c1cc(OC)c(OC)cc1OC. The van der Waals surface area contributed by atoms with Crippen molar-refractivity contribution in [1.29, 1.82) is 0 Å². The van der Waals surface area contributed by atoms with Gasteiger partial charge in [0.05, 0.1) is 21.3 Å². The number of hydrogen-bond donors (Lipinski definition) is 1. The second-order valence-corrected chi connectivity index (χ2v) is 6.84. The molecule has 0 aromatic heterocycles. The third-order valence-corrected chi connectivity index (χ3v) is 4.94. The number of amides is 1. The summed E-state index contributed by atoms with van der Waals surface area (Å²) in [6, 6.07) is 10.6. The quantitative estimate of drug-likeness (QED) is 0.611. The van der Waals surface area contributed by atoms with E-state index in [4.69, 9.17) is 18.9 Å². The lowest BCUT2D eigenvalue weighted by Crippen LogP contribution is -2.30. The number of esters is 1. The van der Waals surface area contributed by atoms with Crippen molar-refractivity contribution in [3.63, 3.8) is 0 Å². The van der Waals surface area contributed by atoms with E-state index in [0.717, 1.165) is 12.0 Å². The number of benzene rings is 2. The Morgan fingerprint density at radius 1 is 0.933 bits per heavy atom. The number of hydrogen-bond acceptors (Lipinski definition) is 6. The van der Waals surface area contributed by atoms with Crippen LogP contribution in [0.4, 0.5) is 5.69 Å². The Balaban J connectivity index is 2.17. The average Bonchev–Trinajstić information content (AvgIpc) is 2.77. The molecule has 0 aliphatic heterocycles. The second-order valence-electron chi connectivity index (χ2n) is 6.84. The monoisotopic (exact) mass is 415 g/mol. The highest BCUT2D eigenvalue weighted by Gasteiger charge is 2.24. The van der Waals surface area contributed by atoms with Crippen molar-refractivity contribution in [2.75, 3.05) is 26.6 Å². The molecule has 0 fully saturated rings. The van der Waals surface area contributed by atoms with E-state index in [0.29, 0.717) is 17.2 Å². The fraction of sp³-hybridized carbons (Fsp3) is 0.391. The zero-order valence-corrected chi connectivity index (χ0v) is 18.3. The van der Waals surface area contributed by atoms with Crippen molar-refractivity contribution in [3.05, 3.63) is 47.5 Å². The highest BCUT2D eigenvalue weighted by Crippen LogP contribution is 2.35. The van der Waals surface area contributed by atoms with Crippen molar-refractivity contribution < 1.29 is 28.5 Å². The molecule has 0 aliphatic carbocycles. The number of para-hydroxylation sites is 1. The van der Waals surface area contributed by atoms with E-state index >= 15 is 0 Å². The van der Waals surface area contributed by atoms with Crippen molar-refractivity contribution in [3.8, 4) is 17.2 Å². The molecule has 1 amide bonds. The minimum absolute atomic E-state index is 0.134. The van der Waals surface area contributed by atoms with Gasteiger partial charge in [-0.05, 0) is 30.9 Å². The summed E-state index contributed by atoms with van der Waals surface area (Å²) in [5.74, 6) is 0.190. The summed E-state index contributed by atoms with van der Waals surface area (Å²) in [7, 11) is 4.38. The summed E-state index contributed by atoms with van der Waals surface area (Å²) < 4.78 is 21.1. The van der Waals surface area contributed by atoms with E-state index in [9.17, 15) is 9.59 Å². The summed E-state index contributed by atoms with van der Waals surface area (Å²) >= 11 is 0. The first-order valence-electron chi connectivity index (χ1n) is 9.76. The van der Waals surface area contributed by atoms with E-state index in [1.54, 1.807) is 0 Å². The van der Waals surface area contributed by atoms with Gasteiger partial charge >= 0.3 is 5.97 Å². The Labute approximate surface area is 177 Å². The van der Waals surface area contributed by atoms with Gasteiger partial charge in [-0.1, -0.05) is 32.0 Å². The van der Waals surface area contributed by atoms with Crippen LogP contribution < -0.4 is 19.5 Å². The Morgan fingerprint density at radius 3 is 2.13 bits per heavy atom. The standard InChI is InChI=1S/C23H29NO6/c1-7-14(2)16-10-8-9-11-18(16)24-22(25)15(3)30-23(26)17-12-20(28-5)21(29-6)13-19(17)27-4/h8-15H,7H2,1-6H3,(H,24,25). The van der Waals surface area contributed by atoms with Crippen LogP contribution >= 0.6 is 0 Å². The van der Waals surface area contributed by atoms with Crippen LogP contribution in [0.3, 0.4) is 0 Å². The molecule has 0 saturated carbocycles. The summed E-state index contributed by atoms with van der Waals surface area (Å²) in [6.07, 6.45) is -0.0726. The van der Waals surface area contributed by atoms with Gasteiger partial charge in [0, 0.05) is 17.8 Å². The van der Waals surface area contributed by atoms with Gasteiger partial charge in [0.2, 0.25) is 0 Å². The first-order valence-corrected chi connectivity index (χ1v) is 9.76. The molecule has 30 heavy (non-hydrogen) atoms. The maximum atomic E-state index is 12.7. The fourth-order valence-corrected chi connectivity index (χ4v) is 2.96. The van der Waals surface area contributed by atoms with E-state index in [-0.39, 0.29) is 17.2 Å². The molecular formula is C23H29NO6. The normalized spacial score (nSPS) is 12.5. The van der Waals surface area contributed by atoms with Gasteiger partial charge in [-0.2, -0.15) is 0 Å². The molecule has 0 aliphatic rings. The summed E-state index contributed by atoms with van der Waals surface area (Å²) in [6.45, 7) is 5.70. The second kappa shape index (κ2) is 10.5. The molecule has 2 atom stereocenters. The molecule has 0 radical (unpaired) electrons. The molecule has 2 rings (SSSR count). The maximum absolute atomic E-state index is 12.7. The largest absolute Gasteiger partial charge is 0.496 e. The molecule has 2 unspecified atom stereocenters. The molecule has 0 saturated heterocycles. The van der Waals surface area contributed by atoms with Crippen molar-refractivity contribution in [2.24, 2.45) is 0 Å². The van der Waals surface area contributed by atoms with E-state index in [1.165, 1.54) is 40.4 Å². The summed E-state index contributed by atoms with van der Waals surface area (Å²) in [4.78, 5) is 25.4. The molecule has 7 heteroatoms. The minimum Gasteiger partial charge on any atom is -0.496 e. The van der Waals surface area contributed by atoms with E-state index < -0.39 is 18.0 Å². The molecule has 1 N–H and O–H groups in total. The van der Waals surface area contributed by atoms with Gasteiger partial charge in [-0.25, -0.2) is 4.79 Å². The number of rotatable bonds is 9. The van der Waals surface area contributed by atoms with Crippen LogP contribution in [0.2, 0.25) is 0 Å². The van der Waals surface area contributed by atoms with E-state index in [1.807, 2.05) is 24.3 Å². The van der Waals surface area contributed by atoms with Crippen LogP contribution in [0.25, 0.3) is 0 Å². The zero-order valence-electron chi connectivity index (χ0n) is 18.3. The van der Waals surface area contributed by atoms with Gasteiger partial charge in [0.1, 0.15) is 11.3 Å². The Kier molecular flexibility index (Phi) is 8.09. The number of anilines is 1. The lowest BCUT2D eigenvalue weighted by Gasteiger charge is -2.19. The molecule has 2 aromatic carbocycles. The maximum Gasteiger partial charge on any atom is 0.342 e. The van der Waals surface area contributed by atoms with Gasteiger partial charge in [0.25, 0.3) is 5.91 Å². The summed E-state index contributed by atoms with van der Waals surface area (Å²) in [5.41, 5.74) is 1.88.